The molecule has 0 aromatic heterocycles. The third-order valence-electron chi connectivity index (χ3n) is 3.42. The summed E-state index contributed by atoms with van der Waals surface area (Å²) in [5, 5.41) is 8.85. The topological polar surface area (TPSA) is 46.5 Å². The zero-order chi connectivity index (χ0) is 15.0. The van der Waals surface area contributed by atoms with Gasteiger partial charge in [-0.25, -0.2) is 13.6 Å². The fraction of sp³-hybridized carbons (Fsp3) is 0.462. The van der Waals surface area contributed by atoms with Gasteiger partial charge < -0.3 is 9.53 Å². The quantitative estimate of drug-likeness (QED) is 0.854. The van der Waals surface area contributed by atoms with E-state index in [0.717, 1.165) is 6.07 Å². The van der Waals surface area contributed by atoms with Crippen LogP contribution in [0.15, 0.2) is 12.1 Å². The molecule has 0 aliphatic heterocycles. The summed E-state index contributed by atoms with van der Waals surface area (Å²) in [6.07, 6.45) is 0. The van der Waals surface area contributed by atoms with E-state index in [9.17, 15) is 13.6 Å². The average Bonchev–Trinajstić information content (AvgIpc) is 2.20. The van der Waals surface area contributed by atoms with Gasteiger partial charge in [-0.3, -0.25) is 0 Å². The van der Waals surface area contributed by atoms with E-state index >= 15 is 0 Å². The minimum absolute atomic E-state index is 0.113. The first kappa shape index (κ1) is 15.6. The predicted molar refractivity (Wildman–Crippen MR) is 71.1 cm³/mol. The molecular formula is C13H18F2O3Si. The van der Waals surface area contributed by atoms with Crippen LogP contribution in [0.4, 0.5) is 8.78 Å². The van der Waals surface area contributed by atoms with Crippen LogP contribution in [0.25, 0.3) is 0 Å². The maximum absolute atomic E-state index is 13.3. The van der Waals surface area contributed by atoms with Gasteiger partial charge in [0.2, 0.25) is 0 Å². The minimum Gasteiger partial charge on any atom is -0.543 e. The van der Waals surface area contributed by atoms with Crippen molar-refractivity contribution < 1.29 is 23.1 Å². The lowest BCUT2D eigenvalue weighted by Gasteiger charge is -2.36. The van der Waals surface area contributed by atoms with Crippen molar-refractivity contribution in [3.63, 3.8) is 0 Å². The van der Waals surface area contributed by atoms with Gasteiger partial charge in [-0.15, -0.1) is 0 Å². The molecule has 1 aromatic rings. The highest BCUT2D eigenvalue weighted by Gasteiger charge is 2.39. The van der Waals surface area contributed by atoms with Crippen molar-refractivity contribution >= 4 is 14.3 Å². The molecule has 0 unspecified atom stereocenters. The second-order valence-corrected chi connectivity index (χ2v) is 10.7. The summed E-state index contributed by atoms with van der Waals surface area (Å²) in [6.45, 7) is 9.72. The van der Waals surface area contributed by atoms with Crippen molar-refractivity contribution in [2.24, 2.45) is 0 Å². The van der Waals surface area contributed by atoms with Crippen LogP contribution in [0.3, 0.4) is 0 Å². The lowest BCUT2D eigenvalue weighted by molar-refractivity contribution is 0.0694. The van der Waals surface area contributed by atoms with Crippen LogP contribution in [0, 0.1) is 11.6 Å². The molecule has 0 aliphatic rings. The van der Waals surface area contributed by atoms with E-state index in [2.05, 4.69) is 0 Å². The minimum atomic E-state index is -2.32. The van der Waals surface area contributed by atoms with Crippen LogP contribution in [0.1, 0.15) is 31.1 Å². The van der Waals surface area contributed by atoms with Crippen LogP contribution < -0.4 is 4.43 Å². The molecule has 0 amide bonds. The normalized spacial score (nSPS) is 12.4. The maximum Gasteiger partial charge on any atom is 0.339 e. The molecule has 0 heterocycles. The monoisotopic (exact) mass is 288 g/mol. The van der Waals surface area contributed by atoms with E-state index < -0.39 is 25.9 Å². The van der Waals surface area contributed by atoms with Crippen LogP contribution in [0.5, 0.6) is 5.75 Å². The Balaban J connectivity index is 3.28. The molecule has 0 saturated carbocycles. The molecule has 0 fully saturated rings. The highest BCUT2D eigenvalue weighted by atomic mass is 28.4. The van der Waals surface area contributed by atoms with Gasteiger partial charge in [0.05, 0.1) is 0 Å². The third kappa shape index (κ3) is 3.31. The molecule has 19 heavy (non-hydrogen) atoms. The first-order valence-electron chi connectivity index (χ1n) is 5.87. The Morgan fingerprint density at radius 2 is 1.68 bits per heavy atom. The molecule has 0 aliphatic carbocycles. The Morgan fingerprint density at radius 1 is 1.21 bits per heavy atom. The van der Waals surface area contributed by atoms with Gasteiger partial charge in [-0.1, -0.05) is 20.8 Å². The second kappa shape index (κ2) is 4.92. The maximum atomic E-state index is 13.3. The highest BCUT2D eigenvalue weighted by molar-refractivity contribution is 6.74. The Morgan fingerprint density at radius 3 is 2.11 bits per heavy atom. The Labute approximate surface area is 112 Å². The number of carboxylic acids is 1. The van der Waals surface area contributed by atoms with Crippen LogP contribution in [-0.4, -0.2) is 19.4 Å². The SMILES string of the molecule is CC(C)(C)[Si](C)(C)Oc1cc(F)c(F)cc1C(=O)O. The first-order valence-corrected chi connectivity index (χ1v) is 8.78. The Hall–Kier alpha value is -1.43. The van der Waals surface area contributed by atoms with Crippen molar-refractivity contribution in [3.05, 3.63) is 29.3 Å². The molecular weight excluding hydrogens is 270 g/mol. The summed E-state index contributed by atoms with van der Waals surface area (Å²) < 4.78 is 32.1. The number of benzene rings is 1. The first-order chi connectivity index (χ1) is 8.45. The summed E-state index contributed by atoms with van der Waals surface area (Å²) in [4.78, 5) is 11.1. The van der Waals surface area contributed by atoms with Gasteiger partial charge in [-0.05, 0) is 24.2 Å². The smallest absolute Gasteiger partial charge is 0.339 e. The number of aromatic carboxylic acids is 1. The zero-order valence-corrected chi connectivity index (χ0v) is 12.7. The number of rotatable bonds is 3. The summed E-state index contributed by atoms with van der Waals surface area (Å²) in [6, 6.07) is 1.46. The summed E-state index contributed by atoms with van der Waals surface area (Å²) in [5.74, 6) is -3.76. The molecule has 0 atom stereocenters. The van der Waals surface area contributed by atoms with Gasteiger partial charge in [0.15, 0.2) is 11.6 Å². The largest absolute Gasteiger partial charge is 0.543 e. The molecule has 6 heteroatoms. The fourth-order valence-electron chi connectivity index (χ4n) is 1.21. The standard InChI is InChI=1S/C13H18F2O3Si/c1-13(2,3)19(4,5)18-11-7-10(15)9(14)6-8(11)12(16)17/h6-7H,1-5H3,(H,16,17). The fourth-order valence-corrected chi connectivity index (χ4v) is 2.23. The van der Waals surface area contributed by atoms with Crippen LogP contribution in [0.2, 0.25) is 18.1 Å². The molecule has 0 spiro atoms. The molecule has 0 saturated heterocycles. The van der Waals surface area contributed by atoms with E-state index in [1.54, 1.807) is 0 Å². The van der Waals surface area contributed by atoms with Crippen LogP contribution >= 0.6 is 0 Å². The second-order valence-electron chi connectivity index (χ2n) is 5.93. The predicted octanol–water partition coefficient (Wildman–Crippen LogP) is 4.05. The highest BCUT2D eigenvalue weighted by Crippen LogP contribution is 2.38. The van der Waals surface area contributed by atoms with E-state index in [4.69, 9.17) is 9.53 Å². The molecule has 1 rings (SSSR count). The number of hydrogen-bond donors (Lipinski definition) is 1. The van der Waals surface area contributed by atoms with Gasteiger partial charge >= 0.3 is 5.97 Å². The van der Waals surface area contributed by atoms with E-state index in [1.807, 2.05) is 33.9 Å². The van der Waals surface area contributed by atoms with Crippen molar-refractivity contribution in [1.29, 1.82) is 0 Å². The summed E-state index contributed by atoms with van der Waals surface area (Å²) in [7, 11) is -2.32. The lowest BCUT2D eigenvalue weighted by atomic mass is 10.2. The zero-order valence-electron chi connectivity index (χ0n) is 11.7. The Kier molecular flexibility index (Phi) is 4.05. The van der Waals surface area contributed by atoms with E-state index in [-0.39, 0.29) is 16.4 Å². The van der Waals surface area contributed by atoms with Gasteiger partial charge in [-0.2, -0.15) is 0 Å². The number of hydrogen-bond acceptors (Lipinski definition) is 2. The van der Waals surface area contributed by atoms with E-state index in [1.165, 1.54) is 0 Å². The van der Waals surface area contributed by atoms with Crippen molar-refractivity contribution in [3.8, 4) is 5.75 Å². The summed E-state index contributed by atoms with van der Waals surface area (Å²) >= 11 is 0. The molecule has 3 nitrogen and oxygen atoms in total. The van der Waals surface area contributed by atoms with Gasteiger partial charge in [0, 0.05) is 6.07 Å². The van der Waals surface area contributed by atoms with Crippen LogP contribution in [-0.2, 0) is 0 Å². The molecule has 106 valence electrons. The van der Waals surface area contributed by atoms with Crippen molar-refractivity contribution in [2.45, 2.75) is 38.9 Å². The van der Waals surface area contributed by atoms with Gasteiger partial charge in [0.1, 0.15) is 11.3 Å². The van der Waals surface area contributed by atoms with Crippen molar-refractivity contribution in [1.82, 2.24) is 0 Å². The number of carbonyl (C=O) groups is 1. The molecule has 0 bridgehead atoms. The number of halogens is 2. The molecule has 0 radical (unpaired) electrons. The molecule has 1 aromatic carbocycles. The third-order valence-corrected chi connectivity index (χ3v) is 7.77. The summed E-state index contributed by atoms with van der Waals surface area (Å²) in [5.41, 5.74) is -0.358. The Bertz CT molecular complexity index is 507. The van der Waals surface area contributed by atoms with E-state index in [0.29, 0.717) is 6.07 Å². The van der Waals surface area contributed by atoms with Crippen molar-refractivity contribution in [2.75, 3.05) is 0 Å². The average molecular weight is 288 g/mol. The number of carboxylic acid groups (broad SMARTS) is 1. The molecule has 1 N–H and O–H groups in total. The lowest BCUT2D eigenvalue weighted by Crippen LogP contribution is -2.44. The van der Waals surface area contributed by atoms with Gasteiger partial charge in [0.25, 0.3) is 8.32 Å².